The largest absolute Gasteiger partial charge is 0.340 e. The van der Waals surface area contributed by atoms with Crippen molar-refractivity contribution >= 4 is 23.1 Å². The molecule has 0 aliphatic heterocycles. The van der Waals surface area contributed by atoms with Crippen LogP contribution in [0.3, 0.4) is 0 Å². The molecule has 126 valence electrons. The van der Waals surface area contributed by atoms with Crippen LogP contribution in [-0.2, 0) is 4.79 Å². The van der Waals surface area contributed by atoms with Gasteiger partial charge in [-0.2, -0.15) is 0 Å². The predicted octanol–water partition coefficient (Wildman–Crippen LogP) is 4.96. The molecule has 0 atom stereocenters. The number of hydrogen-bond acceptors (Lipinski definition) is 3. The number of hydrogen-bond donors (Lipinski definition) is 2. The van der Waals surface area contributed by atoms with E-state index in [1.165, 1.54) is 17.5 Å². The minimum atomic E-state index is 0.131. The number of aryl methyl sites for hydroxylation is 2. The average Bonchev–Trinajstić information content (AvgIpc) is 2.60. The number of carbonyl (C=O) groups is 1. The van der Waals surface area contributed by atoms with E-state index in [4.69, 9.17) is 0 Å². The van der Waals surface area contributed by atoms with E-state index in [0.717, 1.165) is 42.9 Å². The summed E-state index contributed by atoms with van der Waals surface area (Å²) in [6, 6.07) is 10.0. The van der Waals surface area contributed by atoms with Gasteiger partial charge in [0.1, 0.15) is 5.82 Å². The van der Waals surface area contributed by atoms with Gasteiger partial charge in [0.15, 0.2) is 0 Å². The first-order chi connectivity index (χ1) is 11.6. The number of carbonyl (C=O) groups excluding carboxylic acids is 1. The number of anilines is 3. The third-order valence-corrected chi connectivity index (χ3v) is 4.74. The molecule has 1 aliphatic carbocycles. The quantitative estimate of drug-likeness (QED) is 0.836. The smallest absolute Gasteiger partial charge is 0.227 e. The molecule has 1 amide bonds. The summed E-state index contributed by atoms with van der Waals surface area (Å²) in [5.74, 6) is 1.07. The molecule has 1 aromatic heterocycles. The number of amides is 1. The highest BCUT2D eigenvalue weighted by Gasteiger charge is 2.21. The molecule has 0 saturated heterocycles. The number of para-hydroxylation sites is 1. The monoisotopic (exact) mass is 323 g/mol. The van der Waals surface area contributed by atoms with Crippen molar-refractivity contribution in [3.8, 4) is 0 Å². The van der Waals surface area contributed by atoms with Crippen LogP contribution in [0, 0.1) is 19.8 Å². The SMILES string of the molecule is Cc1cccc(C)c1Nc1ccc(NC(=O)C2CCCCC2)cn1. The number of nitrogens with one attached hydrogen (secondary N) is 2. The Morgan fingerprint density at radius 3 is 2.38 bits per heavy atom. The molecule has 1 fully saturated rings. The molecular formula is C20H25N3O. The van der Waals surface area contributed by atoms with E-state index in [0.29, 0.717) is 0 Å². The molecule has 0 radical (unpaired) electrons. The first kappa shape index (κ1) is 16.5. The van der Waals surface area contributed by atoms with Crippen LogP contribution < -0.4 is 10.6 Å². The third kappa shape index (κ3) is 3.94. The van der Waals surface area contributed by atoms with Crippen molar-refractivity contribution in [3.63, 3.8) is 0 Å². The van der Waals surface area contributed by atoms with Crippen molar-refractivity contribution in [1.29, 1.82) is 0 Å². The van der Waals surface area contributed by atoms with Crippen molar-refractivity contribution in [3.05, 3.63) is 47.7 Å². The standard InChI is InChI=1S/C20H25N3O/c1-14-7-6-8-15(2)19(14)23-18-12-11-17(13-21-18)22-20(24)16-9-4-3-5-10-16/h6-8,11-13,16H,3-5,9-10H2,1-2H3,(H,21,23)(H,22,24). The molecule has 3 rings (SSSR count). The van der Waals surface area contributed by atoms with Crippen molar-refractivity contribution in [2.45, 2.75) is 46.0 Å². The first-order valence-corrected chi connectivity index (χ1v) is 8.73. The molecular weight excluding hydrogens is 298 g/mol. The highest BCUT2D eigenvalue weighted by Crippen LogP contribution is 2.26. The number of aromatic nitrogens is 1. The van der Waals surface area contributed by atoms with Crippen LogP contribution in [0.1, 0.15) is 43.2 Å². The van der Waals surface area contributed by atoms with E-state index in [1.54, 1.807) is 6.20 Å². The van der Waals surface area contributed by atoms with Gasteiger partial charge in [-0.1, -0.05) is 37.5 Å². The Labute approximate surface area is 143 Å². The summed E-state index contributed by atoms with van der Waals surface area (Å²) in [6.45, 7) is 4.15. The van der Waals surface area contributed by atoms with Crippen molar-refractivity contribution in [1.82, 2.24) is 4.98 Å². The zero-order chi connectivity index (χ0) is 16.9. The Kier molecular flexibility index (Phi) is 5.14. The molecule has 0 unspecified atom stereocenters. The maximum Gasteiger partial charge on any atom is 0.227 e. The maximum atomic E-state index is 12.3. The van der Waals surface area contributed by atoms with E-state index in [1.807, 2.05) is 18.2 Å². The highest BCUT2D eigenvalue weighted by atomic mass is 16.1. The predicted molar refractivity (Wildman–Crippen MR) is 98.6 cm³/mol. The van der Waals surface area contributed by atoms with Crippen LogP contribution >= 0.6 is 0 Å². The highest BCUT2D eigenvalue weighted by molar-refractivity contribution is 5.92. The van der Waals surface area contributed by atoms with Gasteiger partial charge in [0, 0.05) is 11.6 Å². The summed E-state index contributed by atoms with van der Waals surface area (Å²) in [5.41, 5.74) is 4.22. The first-order valence-electron chi connectivity index (χ1n) is 8.73. The van der Waals surface area contributed by atoms with Gasteiger partial charge in [-0.25, -0.2) is 4.98 Å². The van der Waals surface area contributed by atoms with Crippen molar-refractivity contribution in [2.24, 2.45) is 5.92 Å². The van der Waals surface area contributed by atoms with Crippen molar-refractivity contribution < 1.29 is 4.79 Å². The van der Waals surface area contributed by atoms with Gasteiger partial charge in [-0.05, 0) is 49.9 Å². The van der Waals surface area contributed by atoms with Crippen LogP contribution in [0.5, 0.6) is 0 Å². The molecule has 24 heavy (non-hydrogen) atoms. The second kappa shape index (κ2) is 7.47. The van der Waals surface area contributed by atoms with Crippen LogP contribution in [0.4, 0.5) is 17.2 Å². The lowest BCUT2D eigenvalue weighted by Crippen LogP contribution is -2.24. The van der Waals surface area contributed by atoms with Gasteiger partial charge in [-0.15, -0.1) is 0 Å². The molecule has 2 aromatic rings. The third-order valence-electron chi connectivity index (χ3n) is 4.74. The zero-order valence-corrected chi connectivity index (χ0v) is 14.4. The van der Waals surface area contributed by atoms with E-state index >= 15 is 0 Å². The molecule has 1 heterocycles. The summed E-state index contributed by atoms with van der Waals surface area (Å²) < 4.78 is 0. The topological polar surface area (TPSA) is 54.0 Å². The molecule has 1 aromatic carbocycles. The fraction of sp³-hybridized carbons (Fsp3) is 0.400. The molecule has 4 heteroatoms. The summed E-state index contributed by atoms with van der Waals surface area (Å²) in [4.78, 5) is 16.7. The minimum absolute atomic E-state index is 0.131. The van der Waals surface area contributed by atoms with Crippen LogP contribution in [-0.4, -0.2) is 10.9 Å². The fourth-order valence-electron chi connectivity index (χ4n) is 3.29. The van der Waals surface area contributed by atoms with E-state index in [-0.39, 0.29) is 11.8 Å². The Bertz CT molecular complexity index is 683. The van der Waals surface area contributed by atoms with Crippen LogP contribution in [0.25, 0.3) is 0 Å². The second-order valence-electron chi connectivity index (χ2n) is 6.65. The Hall–Kier alpha value is -2.36. The summed E-state index contributed by atoms with van der Waals surface area (Å²) in [7, 11) is 0. The van der Waals surface area contributed by atoms with E-state index < -0.39 is 0 Å². The summed E-state index contributed by atoms with van der Waals surface area (Å²) in [6.07, 6.45) is 7.31. The van der Waals surface area contributed by atoms with Gasteiger partial charge in [0.25, 0.3) is 0 Å². The van der Waals surface area contributed by atoms with Gasteiger partial charge in [0.2, 0.25) is 5.91 Å². The lowest BCUT2D eigenvalue weighted by molar-refractivity contribution is -0.120. The number of benzene rings is 1. The van der Waals surface area contributed by atoms with Gasteiger partial charge in [0.05, 0.1) is 11.9 Å². The van der Waals surface area contributed by atoms with Gasteiger partial charge >= 0.3 is 0 Å². The molecule has 4 nitrogen and oxygen atoms in total. The van der Waals surface area contributed by atoms with Crippen molar-refractivity contribution in [2.75, 3.05) is 10.6 Å². The molecule has 0 bridgehead atoms. The molecule has 0 spiro atoms. The van der Waals surface area contributed by atoms with Crippen LogP contribution in [0.2, 0.25) is 0 Å². The molecule has 1 aliphatic rings. The lowest BCUT2D eigenvalue weighted by Gasteiger charge is -2.20. The summed E-state index contributed by atoms with van der Waals surface area (Å²) >= 11 is 0. The van der Waals surface area contributed by atoms with Gasteiger partial charge in [-0.3, -0.25) is 4.79 Å². The number of rotatable bonds is 4. The molecule has 1 saturated carbocycles. The Morgan fingerprint density at radius 1 is 1.04 bits per heavy atom. The normalized spacial score (nSPS) is 15.1. The number of nitrogens with zero attached hydrogens (tertiary/aromatic N) is 1. The maximum absolute atomic E-state index is 12.3. The Balaban J connectivity index is 1.64. The Morgan fingerprint density at radius 2 is 1.75 bits per heavy atom. The lowest BCUT2D eigenvalue weighted by atomic mass is 9.88. The van der Waals surface area contributed by atoms with E-state index in [9.17, 15) is 4.79 Å². The van der Waals surface area contributed by atoms with E-state index in [2.05, 4.69) is 41.6 Å². The average molecular weight is 323 g/mol. The second-order valence-corrected chi connectivity index (χ2v) is 6.65. The fourth-order valence-corrected chi connectivity index (χ4v) is 3.29. The number of pyridine rings is 1. The molecule has 2 N–H and O–H groups in total. The minimum Gasteiger partial charge on any atom is -0.340 e. The zero-order valence-electron chi connectivity index (χ0n) is 14.4. The van der Waals surface area contributed by atoms with Gasteiger partial charge < -0.3 is 10.6 Å². The van der Waals surface area contributed by atoms with Crippen LogP contribution in [0.15, 0.2) is 36.5 Å². The summed E-state index contributed by atoms with van der Waals surface area (Å²) in [5, 5.41) is 6.36.